The topological polar surface area (TPSA) is 55.8 Å². The van der Waals surface area contributed by atoms with Gasteiger partial charge in [0.05, 0.1) is 18.6 Å². The third-order valence-electron chi connectivity index (χ3n) is 5.00. The second-order valence-corrected chi connectivity index (χ2v) is 10.5. The Bertz CT molecular complexity index is 1260. The molecule has 3 aromatic carbocycles. The molecule has 1 fully saturated rings. The zero-order chi connectivity index (χ0) is 24.2. The summed E-state index contributed by atoms with van der Waals surface area (Å²) in [6.07, 6.45) is 1.68. The minimum atomic E-state index is -0.341. The number of carbonyl (C=O) groups excluding carboxylic acids is 2. The molecule has 0 aliphatic carbocycles. The zero-order valence-corrected chi connectivity index (χ0v) is 22.6. The molecule has 5 nitrogen and oxygen atoms in total. The Morgan fingerprint density at radius 1 is 0.971 bits per heavy atom. The van der Waals surface area contributed by atoms with Gasteiger partial charge in [0.25, 0.3) is 11.1 Å². The Labute approximate surface area is 223 Å². The van der Waals surface area contributed by atoms with E-state index in [9.17, 15) is 9.59 Å². The molecule has 0 aromatic heterocycles. The summed E-state index contributed by atoms with van der Waals surface area (Å²) in [5.41, 5.74) is 2.53. The van der Waals surface area contributed by atoms with Crippen molar-refractivity contribution < 1.29 is 19.1 Å². The Kier molecular flexibility index (Phi) is 8.03. The lowest BCUT2D eigenvalue weighted by molar-refractivity contribution is -0.123. The van der Waals surface area contributed by atoms with Crippen LogP contribution < -0.4 is 9.47 Å². The van der Waals surface area contributed by atoms with Crippen LogP contribution in [0, 0.1) is 0 Å². The molecular weight excluding hydrogens is 606 g/mol. The van der Waals surface area contributed by atoms with Crippen LogP contribution in [0.4, 0.5) is 4.79 Å². The fourth-order valence-corrected chi connectivity index (χ4v) is 4.88. The Morgan fingerprint density at radius 3 is 2.32 bits per heavy atom. The highest BCUT2D eigenvalue weighted by atomic mass is 79.9. The first kappa shape index (κ1) is 24.9. The number of imide groups is 1. The monoisotopic (exact) mass is 621 g/mol. The maximum atomic E-state index is 12.9. The number of hydrogen-bond acceptors (Lipinski definition) is 5. The van der Waals surface area contributed by atoms with Crippen molar-refractivity contribution in [1.82, 2.24) is 4.90 Å². The van der Waals surface area contributed by atoms with Gasteiger partial charge in [-0.15, -0.1) is 0 Å². The molecule has 9 heteroatoms. The summed E-state index contributed by atoms with van der Waals surface area (Å²) in [6, 6.07) is 18.5. The van der Waals surface area contributed by atoms with Gasteiger partial charge >= 0.3 is 0 Å². The molecule has 0 N–H and O–H groups in total. The van der Waals surface area contributed by atoms with Crippen LogP contribution in [0.2, 0.25) is 5.02 Å². The van der Waals surface area contributed by atoms with Crippen LogP contribution in [0.15, 0.2) is 74.5 Å². The number of halogens is 3. The summed E-state index contributed by atoms with van der Waals surface area (Å²) in [5, 5.41) is 0.282. The van der Waals surface area contributed by atoms with E-state index in [4.69, 9.17) is 21.1 Å². The average Bonchev–Trinajstić information content (AvgIpc) is 3.08. The van der Waals surface area contributed by atoms with E-state index in [2.05, 4.69) is 31.9 Å². The van der Waals surface area contributed by atoms with Gasteiger partial charge in [0, 0.05) is 14.0 Å². The molecule has 2 amide bonds. The van der Waals surface area contributed by atoms with E-state index in [0.29, 0.717) is 38.1 Å². The molecule has 1 saturated heterocycles. The fraction of sp³-hybridized carbons (Fsp3) is 0.120. The minimum absolute atomic E-state index is 0.187. The molecule has 0 radical (unpaired) electrons. The van der Waals surface area contributed by atoms with Gasteiger partial charge in [-0.1, -0.05) is 67.7 Å². The molecule has 0 saturated carbocycles. The summed E-state index contributed by atoms with van der Waals surface area (Å²) in [4.78, 5) is 27.0. The molecule has 0 bridgehead atoms. The summed E-state index contributed by atoms with van der Waals surface area (Å²) in [7, 11) is 1.56. The number of rotatable bonds is 7. The van der Waals surface area contributed by atoms with Crippen molar-refractivity contribution in [2.24, 2.45) is 0 Å². The van der Waals surface area contributed by atoms with E-state index in [1.165, 1.54) is 4.90 Å². The number of amides is 2. The van der Waals surface area contributed by atoms with Crippen LogP contribution in [0.25, 0.3) is 6.08 Å². The third kappa shape index (κ3) is 5.86. The van der Waals surface area contributed by atoms with Gasteiger partial charge in [-0.05, 0) is 70.9 Å². The Hall–Kier alpha value is -2.26. The Balaban J connectivity index is 1.52. The van der Waals surface area contributed by atoms with Gasteiger partial charge in [-0.25, -0.2) is 0 Å². The number of hydrogen-bond donors (Lipinski definition) is 0. The lowest BCUT2D eigenvalue weighted by Crippen LogP contribution is -2.27. The first-order valence-electron chi connectivity index (χ1n) is 10.1. The molecule has 0 atom stereocenters. The van der Waals surface area contributed by atoms with E-state index >= 15 is 0 Å². The van der Waals surface area contributed by atoms with E-state index in [0.717, 1.165) is 27.4 Å². The van der Waals surface area contributed by atoms with E-state index in [-0.39, 0.29) is 17.7 Å². The van der Waals surface area contributed by atoms with E-state index in [1.54, 1.807) is 49.6 Å². The van der Waals surface area contributed by atoms with Crippen LogP contribution >= 0.6 is 55.2 Å². The van der Waals surface area contributed by atoms with Gasteiger partial charge < -0.3 is 9.47 Å². The SMILES string of the molecule is COc1cc(/C=C2\SC(=O)N(Cc3ccc(Cl)cc3)C2=O)c(Br)cc1OCc1ccc(Br)cc1. The number of nitrogens with zero attached hydrogens (tertiary/aromatic N) is 1. The molecule has 1 aliphatic rings. The number of thioether (sulfide) groups is 1. The van der Waals surface area contributed by atoms with Gasteiger partial charge in [0.15, 0.2) is 11.5 Å². The standard InChI is InChI=1S/C25H18Br2ClNO4S/c1-32-21-10-17(20(27)12-22(21)33-14-16-2-6-18(26)7-3-16)11-23-24(30)29(25(31)34-23)13-15-4-8-19(28)9-5-15/h2-12H,13-14H2,1H3/b23-11-. The highest BCUT2D eigenvalue weighted by molar-refractivity contribution is 9.10. The van der Waals surface area contributed by atoms with Crippen LogP contribution in [0.3, 0.4) is 0 Å². The zero-order valence-electron chi connectivity index (χ0n) is 17.9. The normalized spacial score (nSPS) is 14.7. The molecule has 174 valence electrons. The van der Waals surface area contributed by atoms with E-state index < -0.39 is 0 Å². The first-order valence-corrected chi connectivity index (χ1v) is 12.9. The maximum Gasteiger partial charge on any atom is 0.293 e. The first-order chi connectivity index (χ1) is 16.3. The molecule has 0 unspecified atom stereocenters. The molecule has 0 spiro atoms. The summed E-state index contributed by atoms with van der Waals surface area (Å²) >= 11 is 13.8. The van der Waals surface area contributed by atoms with Crippen molar-refractivity contribution in [3.63, 3.8) is 0 Å². The van der Waals surface area contributed by atoms with Crippen LogP contribution in [-0.2, 0) is 17.9 Å². The highest BCUT2D eigenvalue weighted by Gasteiger charge is 2.35. The second kappa shape index (κ2) is 11.0. The minimum Gasteiger partial charge on any atom is -0.493 e. The molecule has 1 aliphatic heterocycles. The Morgan fingerprint density at radius 2 is 1.65 bits per heavy atom. The predicted octanol–water partition coefficient (Wildman–Crippen LogP) is 7.69. The molecule has 3 aromatic rings. The van der Waals surface area contributed by atoms with Gasteiger partial charge in [-0.2, -0.15) is 0 Å². The van der Waals surface area contributed by atoms with Gasteiger partial charge in [-0.3, -0.25) is 14.5 Å². The summed E-state index contributed by atoms with van der Waals surface area (Å²) in [6.45, 7) is 0.561. The van der Waals surface area contributed by atoms with Crippen molar-refractivity contribution in [2.75, 3.05) is 7.11 Å². The fourth-order valence-electron chi connectivity index (χ4n) is 3.23. The number of ether oxygens (including phenoxy) is 2. The van der Waals surface area contributed by atoms with Gasteiger partial charge in [0.1, 0.15) is 6.61 Å². The van der Waals surface area contributed by atoms with E-state index in [1.807, 2.05) is 24.3 Å². The number of benzene rings is 3. The predicted molar refractivity (Wildman–Crippen MR) is 142 cm³/mol. The van der Waals surface area contributed by atoms with Crippen molar-refractivity contribution in [2.45, 2.75) is 13.2 Å². The number of carbonyl (C=O) groups is 2. The second-order valence-electron chi connectivity index (χ2n) is 7.33. The summed E-state index contributed by atoms with van der Waals surface area (Å²) in [5.74, 6) is 0.739. The van der Waals surface area contributed by atoms with Crippen molar-refractivity contribution >= 4 is 72.4 Å². The van der Waals surface area contributed by atoms with Crippen LogP contribution in [0.5, 0.6) is 11.5 Å². The quantitative estimate of drug-likeness (QED) is 0.253. The lowest BCUT2D eigenvalue weighted by atomic mass is 10.1. The molecule has 1 heterocycles. The molecular formula is C25H18Br2ClNO4S. The van der Waals surface area contributed by atoms with Crippen molar-refractivity contribution in [1.29, 1.82) is 0 Å². The lowest BCUT2D eigenvalue weighted by Gasteiger charge is -2.13. The smallest absolute Gasteiger partial charge is 0.293 e. The molecule has 4 rings (SSSR count). The van der Waals surface area contributed by atoms with Crippen molar-refractivity contribution in [3.05, 3.63) is 96.2 Å². The third-order valence-corrected chi connectivity index (χ3v) is 7.38. The summed E-state index contributed by atoms with van der Waals surface area (Å²) < 4.78 is 13.2. The van der Waals surface area contributed by atoms with Crippen LogP contribution in [-0.4, -0.2) is 23.2 Å². The number of methoxy groups -OCH3 is 1. The molecule has 34 heavy (non-hydrogen) atoms. The van der Waals surface area contributed by atoms with Crippen LogP contribution in [0.1, 0.15) is 16.7 Å². The average molecular weight is 624 g/mol. The largest absolute Gasteiger partial charge is 0.493 e. The maximum absolute atomic E-state index is 12.9. The highest BCUT2D eigenvalue weighted by Crippen LogP contribution is 2.38. The van der Waals surface area contributed by atoms with Gasteiger partial charge in [0.2, 0.25) is 0 Å². The van der Waals surface area contributed by atoms with Crippen molar-refractivity contribution in [3.8, 4) is 11.5 Å².